The molecule has 1 N–H and O–H groups in total. The van der Waals surface area contributed by atoms with Gasteiger partial charge in [0.25, 0.3) is 5.92 Å². The van der Waals surface area contributed by atoms with Crippen LogP contribution in [0.15, 0.2) is 65.1 Å². The van der Waals surface area contributed by atoms with E-state index in [2.05, 4.69) is 33.0 Å². The van der Waals surface area contributed by atoms with Crippen molar-refractivity contribution in [1.29, 1.82) is 0 Å². The smallest absolute Gasteiger partial charge is 0.261 e. The quantitative estimate of drug-likeness (QED) is 0.306. The van der Waals surface area contributed by atoms with Crippen LogP contribution in [0.4, 0.5) is 8.78 Å². The van der Waals surface area contributed by atoms with Gasteiger partial charge in [-0.25, -0.2) is 13.8 Å². The molecule has 210 valence electrons. The molecule has 0 radical (unpaired) electrons. The molecule has 0 bridgehead atoms. The van der Waals surface area contributed by atoms with Gasteiger partial charge in [-0.15, -0.1) is 0 Å². The Bertz CT molecular complexity index is 1280. The van der Waals surface area contributed by atoms with E-state index in [1.54, 1.807) is 18.0 Å². The molecule has 2 fully saturated rings. The summed E-state index contributed by atoms with van der Waals surface area (Å²) in [6.07, 6.45) is 1.32. The molecule has 6 rings (SSSR count). The number of halogens is 4. The first kappa shape index (κ1) is 29.7. The number of likely N-dealkylation sites (tertiary alicyclic amines) is 1. The van der Waals surface area contributed by atoms with E-state index in [0.29, 0.717) is 30.2 Å². The third-order valence-corrected chi connectivity index (χ3v) is 8.25. The number of alkyl halides is 2. The molecule has 0 amide bonds. The highest BCUT2D eigenvalue weighted by Gasteiger charge is 2.69. The summed E-state index contributed by atoms with van der Waals surface area (Å²) < 4.78 is 37.4. The Morgan fingerprint density at radius 2 is 1.77 bits per heavy atom. The Balaban J connectivity index is 0.000000301. The van der Waals surface area contributed by atoms with E-state index in [1.807, 2.05) is 56.3 Å². The van der Waals surface area contributed by atoms with Crippen molar-refractivity contribution in [2.24, 2.45) is 0 Å². The lowest BCUT2D eigenvalue weighted by Crippen LogP contribution is -2.48. The average Bonchev–Trinajstić information content (AvgIpc) is 3.49. The second-order valence-electron chi connectivity index (χ2n) is 9.88. The van der Waals surface area contributed by atoms with Crippen LogP contribution in [0, 0.1) is 0 Å². The van der Waals surface area contributed by atoms with Crippen LogP contribution in [0.2, 0.25) is 5.15 Å². The van der Waals surface area contributed by atoms with E-state index in [-0.39, 0.29) is 24.0 Å². The molecule has 1 aliphatic carbocycles. The summed E-state index contributed by atoms with van der Waals surface area (Å²) >= 11 is 9.72. The summed E-state index contributed by atoms with van der Waals surface area (Å²) in [6, 6.07) is 19.8. The third kappa shape index (κ3) is 5.41. The number of pyridine rings is 1. The van der Waals surface area contributed by atoms with Crippen molar-refractivity contribution >= 4 is 27.5 Å². The van der Waals surface area contributed by atoms with Gasteiger partial charge in [0.2, 0.25) is 5.88 Å². The van der Waals surface area contributed by atoms with E-state index in [1.165, 1.54) is 7.11 Å². The summed E-state index contributed by atoms with van der Waals surface area (Å²) in [5.74, 6) is -1.63. The molecule has 2 aromatic carbocycles. The monoisotopic (exact) mass is 622 g/mol. The van der Waals surface area contributed by atoms with Crippen LogP contribution in [0.3, 0.4) is 0 Å². The Morgan fingerprint density at radius 1 is 1.10 bits per heavy atom. The number of nitrogens with zero attached hydrogens (tertiary/aromatic N) is 2. The number of fused-ring (bicyclic) bond motifs is 3. The molecule has 1 saturated heterocycles. The molecule has 3 atom stereocenters. The summed E-state index contributed by atoms with van der Waals surface area (Å²) in [6.45, 7) is 4.47. The van der Waals surface area contributed by atoms with Gasteiger partial charge < -0.3 is 19.5 Å². The third-order valence-electron chi connectivity index (χ3n) is 7.53. The molecule has 1 aromatic heterocycles. The van der Waals surface area contributed by atoms with Crippen LogP contribution in [-0.2, 0) is 11.2 Å². The molecule has 39 heavy (non-hydrogen) atoms. The van der Waals surface area contributed by atoms with Gasteiger partial charge in [0.15, 0.2) is 5.60 Å². The van der Waals surface area contributed by atoms with Gasteiger partial charge in [-0.2, -0.15) is 0 Å². The van der Waals surface area contributed by atoms with Crippen molar-refractivity contribution in [2.75, 3.05) is 27.2 Å². The van der Waals surface area contributed by atoms with Crippen LogP contribution < -0.4 is 9.47 Å². The zero-order valence-corrected chi connectivity index (χ0v) is 24.9. The predicted octanol–water partition coefficient (Wildman–Crippen LogP) is 7.54. The highest BCUT2D eigenvalue weighted by atomic mass is 79.9. The number of aromatic nitrogens is 1. The van der Waals surface area contributed by atoms with Gasteiger partial charge in [0.05, 0.1) is 19.2 Å². The average molecular weight is 624 g/mol. The van der Waals surface area contributed by atoms with Crippen LogP contribution in [-0.4, -0.2) is 48.2 Å². The highest BCUT2D eigenvalue weighted by Crippen LogP contribution is 2.68. The van der Waals surface area contributed by atoms with Crippen molar-refractivity contribution in [2.45, 2.75) is 56.2 Å². The minimum absolute atomic E-state index is 0.0312. The molecule has 3 unspecified atom stereocenters. The Morgan fingerprint density at radius 3 is 2.31 bits per heavy atom. The predicted molar refractivity (Wildman–Crippen MR) is 153 cm³/mol. The minimum Gasteiger partial charge on any atom is -0.481 e. The summed E-state index contributed by atoms with van der Waals surface area (Å²) in [5.41, 5.74) is 0.309. The van der Waals surface area contributed by atoms with Crippen LogP contribution >= 0.6 is 27.5 Å². The summed E-state index contributed by atoms with van der Waals surface area (Å²) in [7, 11) is 3.24. The topological polar surface area (TPSA) is 54.8 Å². The first-order valence-corrected chi connectivity index (χ1v) is 14.3. The molecular formula is C30H34BrClF2N2O3. The second-order valence-corrected chi connectivity index (χ2v) is 11.2. The van der Waals surface area contributed by atoms with Gasteiger partial charge >= 0.3 is 0 Å². The van der Waals surface area contributed by atoms with E-state index >= 15 is 0 Å². The Labute approximate surface area is 242 Å². The maximum atomic E-state index is 12.2. The lowest BCUT2D eigenvalue weighted by atomic mass is 9.72. The van der Waals surface area contributed by atoms with Gasteiger partial charge in [0, 0.05) is 29.4 Å². The summed E-state index contributed by atoms with van der Waals surface area (Å²) in [5, 5.41) is 12.5. The molecule has 3 aliphatic rings. The SMILES string of the molecule is CC.CN1CCC(F)(F)C1.COc1nc(Cl)cc2c1C1(O)CCC(c3ccccc3)C1(c1ccc(Br)cc1)O2. The largest absolute Gasteiger partial charge is 0.481 e. The highest BCUT2D eigenvalue weighted by molar-refractivity contribution is 9.10. The van der Waals surface area contributed by atoms with Gasteiger partial charge in [-0.3, -0.25) is 0 Å². The van der Waals surface area contributed by atoms with Gasteiger partial charge in [-0.1, -0.05) is 83.8 Å². The molecule has 9 heteroatoms. The van der Waals surface area contributed by atoms with E-state index in [9.17, 15) is 13.9 Å². The number of rotatable bonds is 3. The molecule has 5 nitrogen and oxygen atoms in total. The fourth-order valence-electron chi connectivity index (χ4n) is 5.94. The zero-order valence-electron chi connectivity index (χ0n) is 22.6. The number of methoxy groups -OCH3 is 1. The maximum Gasteiger partial charge on any atom is 0.261 e. The number of benzene rings is 2. The summed E-state index contributed by atoms with van der Waals surface area (Å²) in [4.78, 5) is 5.94. The van der Waals surface area contributed by atoms with Gasteiger partial charge in [-0.05, 0) is 43.1 Å². The zero-order chi connectivity index (χ0) is 28.4. The molecular weight excluding hydrogens is 590 g/mol. The fourth-order valence-corrected chi connectivity index (χ4v) is 6.38. The minimum atomic E-state index is -2.41. The lowest BCUT2D eigenvalue weighted by Gasteiger charge is -2.40. The number of ether oxygens (including phenoxy) is 2. The Kier molecular flexibility index (Phi) is 8.91. The van der Waals surface area contributed by atoms with Crippen molar-refractivity contribution in [3.05, 3.63) is 87.0 Å². The maximum absolute atomic E-state index is 12.2. The first-order chi connectivity index (χ1) is 18.6. The standard InChI is InChI=1S/C23H19BrClNO3.C5H9F2N.C2H6/c1-28-21-20-18(13-19(25)26-21)29-23(15-7-9-16(24)10-8-15)17(11-12-22(20,23)27)14-5-3-2-4-6-14;1-8-3-2-5(6,7)4-8;1-2/h2-10,13,17,27H,11-12H2,1H3;2-4H2,1H3;1-2H3. The van der Waals surface area contributed by atoms with Crippen molar-refractivity contribution < 1.29 is 23.4 Å². The van der Waals surface area contributed by atoms with E-state index in [4.69, 9.17) is 21.1 Å². The molecule has 1 saturated carbocycles. The van der Waals surface area contributed by atoms with Crippen LogP contribution in [0.25, 0.3) is 0 Å². The van der Waals surface area contributed by atoms with Gasteiger partial charge in [0.1, 0.15) is 16.5 Å². The fraction of sp³-hybridized carbons (Fsp3) is 0.433. The molecule has 0 spiro atoms. The van der Waals surface area contributed by atoms with E-state index < -0.39 is 17.1 Å². The number of aliphatic hydroxyl groups is 1. The Hall–Kier alpha value is -2.26. The van der Waals surface area contributed by atoms with Crippen LogP contribution in [0.1, 0.15) is 55.7 Å². The lowest BCUT2D eigenvalue weighted by molar-refractivity contribution is -0.106. The van der Waals surface area contributed by atoms with Crippen molar-refractivity contribution in [1.82, 2.24) is 9.88 Å². The number of hydrogen-bond donors (Lipinski definition) is 1. The van der Waals surface area contributed by atoms with Crippen molar-refractivity contribution in [3.8, 4) is 11.6 Å². The second kappa shape index (κ2) is 11.7. The van der Waals surface area contributed by atoms with E-state index in [0.717, 1.165) is 22.0 Å². The van der Waals surface area contributed by atoms with Crippen molar-refractivity contribution in [3.63, 3.8) is 0 Å². The molecule has 3 heterocycles. The molecule has 3 aromatic rings. The molecule has 2 aliphatic heterocycles. The first-order valence-electron chi connectivity index (χ1n) is 13.1. The normalized spacial score (nSPS) is 26.3. The van der Waals surface area contributed by atoms with Crippen LogP contribution in [0.5, 0.6) is 11.6 Å². The number of hydrogen-bond acceptors (Lipinski definition) is 5.